The first-order valence-corrected chi connectivity index (χ1v) is 5.67. The molecule has 0 aliphatic heterocycles. The molecule has 0 aliphatic carbocycles. The van der Waals surface area contributed by atoms with E-state index < -0.39 is 6.04 Å². The Morgan fingerprint density at radius 2 is 2.12 bits per heavy atom. The molecule has 4 nitrogen and oxygen atoms in total. The lowest BCUT2D eigenvalue weighted by Crippen LogP contribution is -2.39. The van der Waals surface area contributed by atoms with Gasteiger partial charge < -0.3 is 15.2 Å². The van der Waals surface area contributed by atoms with E-state index in [0.717, 1.165) is 6.42 Å². The molecule has 0 bridgehead atoms. The predicted molar refractivity (Wildman–Crippen MR) is 64.0 cm³/mol. The Morgan fingerprint density at radius 1 is 1.50 bits per heavy atom. The van der Waals surface area contributed by atoms with Gasteiger partial charge in [0.1, 0.15) is 6.04 Å². The van der Waals surface area contributed by atoms with E-state index in [1.54, 1.807) is 13.0 Å². The predicted octanol–water partition coefficient (Wildman–Crippen LogP) is 1.49. The second-order valence-electron chi connectivity index (χ2n) is 3.92. The zero-order valence-corrected chi connectivity index (χ0v) is 10.4. The third kappa shape index (κ3) is 5.88. The van der Waals surface area contributed by atoms with Gasteiger partial charge >= 0.3 is 5.97 Å². The molecule has 0 aliphatic rings. The molecule has 2 N–H and O–H groups in total. The summed E-state index contributed by atoms with van der Waals surface area (Å²) in [6.07, 6.45) is 2.49. The second kappa shape index (κ2) is 8.30. The molecule has 3 atom stereocenters. The molecule has 0 spiro atoms. The van der Waals surface area contributed by atoms with Crippen molar-refractivity contribution >= 4 is 5.97 Å². The van der Waals surface area contributed by atoms with Gasteiger partial charge in [-0.25, -0.2) is 0 Å². The summed E-state index contributed by atoms with van der Waals surface area (Å²) >= 11 is 0. The van der Waals surface area contributed by atoms with Crippen molar-refractivity contribution in [3.8, 4) is 0 Å². The lowest BCUT2D eigenvalue weighted by molar-refractivity contribution is -0.146. The maximum atomic E-state index is 11.4. The number of ether oxygens (including phenoxy) is 2. The quantitative estimate of drug-likeness (QED) is 0.506. The Hall–Kier alpha value is -0.870. The van der Waals surface area contributed by atoms with Crippen molar-refractivity contribution in [3.05, 3.63) is 12.7 Å². The molecule has 0 heterocycles. The van der Waals surface area contributed by atoms with Gasteiger partial charge in [-0.05, 0) is 26.2 Å². The Balaban J connectivity index is 3.98. The minimum atomic E-state index is -0.574. The van der Waals surface area contributed by atoms with Crippen LogP contribution in [0.2, 0.25) is 0 Å². The van der Waals surface area contributed by atoms with Gasteiger partial charge in [-0.1, -0.05) is 13.0 Å². The molecule has 94 valence electrons. The first-order chi connectivity index (χ1) is 7.52. The van der Waals surface area contributed by atoms with Crippen molar-refractivity contribution in [1.29, 1.82) is 0 Å². The van der Waals surface area contributed by atoms with Crippen molar-refractivity contribution in [3.63, 3.8) is 0 Å². The number of carbonyl (C=O) groups is 1. The molecular formula is C12H23NO3. The molecule has 3 unspecified atom stereocenters. The fourth-order valence-electron chi connectivity index (χ4n) is 1.44. The summed E-state index contributed by atoms with van der Waals surface area (Å²) in [4.78, 5) is 11.4. The van der Waals surface area contributed by atoms with Crippen molar-refractivity contribution in [2.24, 2.45) is 11.7 Å². The van der Waals surface area contributed by atoms with Crippen LogP contribution in [-0.2, 0) is 14.3 Å². The van der Waals surface area contributed by atoms with E-state index >= 15 is 0 Å². The van der Waals surface area contributed by atoms with E-state index in [9.17, 15) is 4.79 Å². The van der Waals surface area contributed by atoms with Gasteiger partial charge in [0, 0.05) is 0 Å². The highest BCUT2D eigenvalue weighted by Crippen LogP contribution is 2.13. The maximum Gasteiger partial charge on any atom is 0.323 e. The molecule has 0 radical (unpaired) electrons. The normalized spacial score (nSPS) is 16.2. The zero-order valence-electron chi connectivity index (χ0n) is 10.4. The topological polar surface area (TPSA) is 61.5 Å². The Labute approximate surface area is 97.8 Å². The SMILES string of the molecule is C=CCOC(C)CC(C)C(N)C(=O)OCC. The van der Waals surface area contributed by atoms with Crippen LogP contribution in [0.3, 0.4) is 0 Å². The molecule has 0 aromatic heterocycles. The van der Waals surface area contributed by atoms with Crippen LogP contribution in [0.15, 0.2) is 12.7 Å². The van der Waals surface area contributed by atoms with E-state index in [4.69, 9.17) is 15.2 Å². The van der Waals surface area contributed by atoms with E-state index in [2.05, 4.69) is 6.58 Å². The van der Waals surface area contributed by atoms with Crippen LogP contribution in [0, 0.1) is 5.92 Å². The largest absolute Gasteiger partial charge is 0.465 e. The molecule has 16 heavy (non-hydrogen) atoms. The standard InChI is InChI=1S/C12H23NO3/c1-5-7-16-10(4)8-9(3)11(13)12(14)15-6-2/h5,9-11H,1,6-8,13H2,2-4H3. The van der Waals surface area contributed by atoms with Crippen LogP contribution < -0.4 is 5.73 Å². The summed E-state index contributed by atoms with van der Waals surface area (Å²) < 4.78 is 10.3. The molecule has 0 amide bonds. The number of hydrogen-bond acceptors (Lipinski definition) is 4. The highest BCUT2D eigenvalue weighted by Gasteiger charge is 2.23. The lowest BCUT2D eigenvalue weighted by Gasteiger charge is -2.21. The van der Waals surface area contributed by atoms with Crippen LogP contribution in [0.25, 0.3) is 0 Å². The minimum Gasteiger partial charge on any atom is -0.465 e. The fourth-order valence-corrected chi connectivity index (χ4v) is 1.44. The second-order valence-corrected chi connectivity index (χ2v) is 3.92. The molecule has 0 rings (SSSR count). The summed E-state index contributed by atoms with van der Waals surface area (Å²) in [5, 5.41) is 0. The van der Waals surface area contributed by atoms with Gasteiger partial charge in [0.15, 0.2) is 0 Å². The summed E-state index contributed by atoms with van der Waals surface area (Å²) in [7, 11) is 0. The highest BCUT2D eigenvalue weighted by atomic mass is 16.5. The fraction of sp³-hybridized carbons (Fsp3) is 0.750. The van der Waals surface area contributed by atoms with Crippen molar-refractivity contribution in [2.45, 2.75) is 39.3 Å². The van der Waals surface area contributed by atoms with E-state index in [0.29, 0.717) is 13.2 Å². The zero-order chi connectivity index (χ0) is 12.6. The minimum absolute atomic E-state index is 0.0406. The van der Waals surface area contributed by atoms with Gasteiger partial charge in [0.05, 0.1) is 19.3 Å². The number of nitrogens with two attached hydrogens (primary N) is 1. The smallest absolute Gasteiger partial charge is 0.323 e. The average Bonchev–Trinajstić information content (AvgIpc) is 2.25. The van der Waals surface area contributed by atoms with Gasteiger partial charge in [-0.2, -0.15) is 0 Å². The van der Waals surface area contributed by atoms with Crippen LogP contribution in [0.1, 0.15) is 27.2 Å². The molecule has 0 fully saturated rings. The Morgan fingerprint density at radius 3 is 2.62 bits per heavy atom. The third-order valence-electron chi connectivity index (χ3n) is 2.37. The van der Waals surface area contributed by atoms with Crippen LogP contribution >= 0.6 is 0 Å². The first-order valence-electron chi connectivity index (χ1n) is 5.67. The van der Waals surface area contributed by atoms with Crippen LogP contribution in [0.5, 0.6) is 0 Å². The Kier molecular flexibility index (Phi) is 7.85. The van der Waals surface area contributed by atoms with Gasteiger partial charge in [0.2, 0.25) is 0 Å². The van der Waals surface area contributed by atoms with Crippen LogP contribution in [0.4, 0.5) is 0 Å². The monoisotopic (exact) mass is 229 g/mol. The summed E-state index contributed by atoms with van der Waals surface area (Å²) in [6.45, 7) is 10.1. The van der Waals surface area contributed by atoms with Crippen molar-refractivity contribution in [1.82, 2.24) is 0 Å². The van der Waals surface area contributed by atoms with Crippen molar-refractivity contribution in [2.75, 3.05) is 13.2 Å². The molecule has 0 aromatic rings. The van der Waals surface area contributed by atoms with Crippen molar-refractivity contribution < 1.29 is 14.3 Å². The summed E-state index contributed by atoms with van der Waals surface area (Å²) in [6, 6.07) is -0.574. The molecular weight excluding hydrogens is 206 g/mol. The number of carbonyl (C=O) groups excluding carboxylic acids is 1. The average molecular weight is 229 g/mol. The van der Waals surface area contributed by atoms with E-state index in [1.807, 2.05) is 13.8 Å². The molecule has 0 saturated carbocycles. The maximum absolute atomic E-state index is 11.4. The molecule has 0 aromatic carbocycles. The van der Waals surface area contributed by atoms with E-state index in [-0.39, 0.29) is 18.0 Å². The van der Waals surface area contributed by atoms with Gasteiger partial charge in [0.25, 0.3) is 0 Å². The number of rotatable bonds is 8. The van der Waals surface area contributed by atoms with Gasteiger partial charge in [-0.3, -0.25) is 4.79 Å². The highest BCUT2D eigenvalue weighted by molar-refractivity contribution is 5.75. The Bertz CT molecular complexity index is 218. The summed E-state index contributed by atoms with van der Waals surface area (Å²) in [5.41, 5.74) is 5.77. The van der Waals surface area contributed by atoms with Crippen LogP contribution in [-0.4, -0.2) is 31.3 Å². The first kappa shape index (κ1) is 15.1. The molecule has 4 heteroatoms. The van der Waals surface area contributed by atoms with E-state index in [1.165, 1.54) is 0 Å². The molecule has 0 saturated heterocycles. The lowest BCUT2D eigenvalue weighted by atomic mass is 9.96. The number of esters is 1. The van der Waals surface area contributed by atoms with Gasteiger partial charge in [-0.15, -0.1) is 6.58 Å². The summed E-state index contributed by atoms with van der Waals surface area (Å²) in [5.74, 6) is -0.301. The number of hydrogen-bond donors (Lipinski definition) is 1. The third-order valence-corrected chi connectivity index (χ3v) is 2.37.